The fourth-order valence-corrected chi connectivity index (χ4v) is 2.46. The average Bonchev–Trinajstić information content (AvgIpc) is 2.48. The largest absolute Gasteiger partial charge is 0.497 e. The van der Waals surface area contributed by atoms with E-state index >= 15 is 0 Å². The van der Waals surface area contributed by atoms with Crippen molar-refractivity contribution in [3.63, 3.8) is 0 Å². The highest BCUT2D eigenvalue weighted by atomic mass is 79.9. The first-order valence-corrected chi connectivity index (χ1v) is 7.43. The van der Waals surface area contributed by atoms with Gasteiger partial charge in [-0.15, -0.1) is 0 Å². The Morgan fingerprint density at radius 2 is 2.21 bits per heavy atom. The van der Waals surface area contributed by atoms with Crippen molar-refractivity contribution >= 4 is 21.8 Å². The topological polar surface area (TPSA) is 38.8 Å². The molecule has 1 heterocycles. The second-order valence-corrected chi connectivity index (χ2v) is 5.16. The number of nitrogens with zero attached hydrogens (tertiary/aromatic N) is 1. The molecule has 1 atom stereocenters. The van der Waals surface area contributed by atoms with Gasteiger partial charge in [-0.2, -0.15) is 0 Å². The van der Waals surface area contributed by atoms with Gasteiger partial charge in [-0.05, 0) is 17.7 Å². The van der Waals surface area contributed by atoms with E-state index in [1.165, 1.54) is 0 Å². The Morgan fingerprint density at radius 1 is 1.47 bits per heavy atom. The minimum absolute atomic E-state index is 0.105. The molecule has 0 radical (unpaired) electrons. The number of morpholine rings is 1. The normalized spacial score (nSPS) is 19.3. The van der Waals surface area contributed by atoms with Crippen LogP contribution in [0.25, 0.3) is 0 Å². The summed E-state index contributed by atoms with van der Waals surface area (Å²) < 4.78 is 10.6. The van der Waals surface area contributed by atoms with Gasteiger partial charge >= 0.3 is 0 Å². The van der Waals surface area contributed by atoms with E-state index in [2.05, 4.69) is 15.9 Å². The van der Waals surface area contributed by atoms with Crippen molar-refractivity contribution in [1.29, 1.82) is 0 Å². The fourth-order valence-electron chi connectivity index (χ4n) is 2.07. The molecule has 104 valence electrons. The predicted molar refractivity (Wildman–Crippen MR) is 76.8 cm³/mol. The highest BCUT2D eigenvalue weighted by molar-refractivity contribution is 9.09. The Labute approximate surface area is 121 Å². The van der Waals surface area contributed by atoms with Gasteiger partial charge in [-0.3, -0.25) is 4.79 Å². The lowest BCUT2D eigenvalue weighted by atomic mass is 10.1. The number of methoxy groups -OCH3 is 1. The first-order valence-electron chi connectivity index (χ1n) is 6.31. The molecule has 1 aromatic carbocycles. The molecule has 1 fully saturated rings. The van der Waals surface area contributed by atoms with Gasteiger partial charge in [0.2, 0.25) is 5.91 Å². The van der Waals surface area contributed by atoms with Gasteiger partial charge in [-0.25, -0.2) is 0 Å². The molecule has 1 saturated heterocycles. The quantitative estimate of drug-likeness (QED) is 0.792. The second-order valence-electron chi connectivity index (χ2n) is 4.51. The van der Waals surface area contributed by atoms with Crippen LogP contribution in [0.3, 0.4) is 0 Å². The molecule has 1 aliphatic rings. The van der Waals surface area contributed by atoms with Crippen LogP contribution in [-0.2, 0) is 16.0 Å². The molecule has 1 unspecified atom stereocenters. The van der Waals surface area contributed by atoms with Crippen LogP contribution in [0.1, 0.15) is 5.56 Å². The first-order chi connectivity index (χ1) is 9.22. The van der Waals surface area contributed by atoms with Crippen LogP contribution >= 0.6 is 15.9 Å². The molecule has 1 amide bonds. The SMILES string of the molecule is COc1ccc(CC(=O)N2CCOC(CBr)C2)cc1. The molecule has 1 aromatic rings. The van der Waals surface area contributed by atoms with E-state index in [0.29, 0.717) is 26.1 Å². The molecule has 5 heteroatoms. The maximum absolute atomic E-state index is 12.2. The number of rotatable bonds is 4. The zero-order valence-corrected chi connectivity index (χ0v) is 12.6. The van der Waals surface area contributed by atoms with Crippen molar-refractivity contribution in [3.8, 4) is 5.75 Å². The third-order valence-corrected chi connectivity index (χ3v) is 3.90. The van der Waals surface area contributed by atoms with Crippen LogP contribution in [0, 0.1) is 0 Å². The Morgan fingerprint density at radius 3 is 2.84 bits per heavy atom. The minimum Gasteiger partial charge on any atom is -0.497 e. The first kappa shape index (κ1) is 14.3. The van der Waals surface area contributed by atoms with E-state index in [4.69, 9.17) is 9.47 Å². The number of hydrogen-bond acceptors (Lipinski definition) is 3. The number of halogens is 1. The van der Waals surface area contributed by atoms with Gasteiger partial charge in [0.05, 0.1) is 26.2 Å². The summed E-state index contributed by atoms with van der Waals surface area (Å²) in [5, 5.41) is 0.763. The summed E-state index contributed by atoms with van der Waals surface area (Å²) in [5.41, 5.74) is 1.01. The van der Waals surface area contributed by atoms with Crippen LogP contribution in [0.4, 0.5) is 0 Å². The minimum atomic E-state index is 0.105. The van der Waals surface area contributed by atoms with E-state index < -0.39 is 0 Å². The number of hydrogen-bond donors (Lipinski definition) is 0. The van der Waals surface area contributed by atoms with E-state index in [9.17, 15) is 4.79 Å². The molecule has 0 aromatic heterocycles. The Hall–Kier alpha value is -1.07. The monoisotopic (exact) mass is 327 g/mol. The summed E-state index contributed by atoms with van der Waals surface area (Å²) in [6, 6.07) is 7.62. The number of carbonyl (C=O) groups is 1. The number of ether oxygens (including phenoxy) is 2. The highest BCUT2D eigenvalue weighted by Gasteiger charge is 2.23. The van der Waals surface area contributed by atoms with E-state index in [1.807, 2.05) is 29.2 Å². The number of alkyl halides is 1. The number of carbonyl (C=O) groups excluding carboxylic acids is 1. The van der Waals surface area contributed by atoms with Gasteiger partial charge in [0.15, 0.2) is 0 Å². The third kappa shape index (κ3) is 3.94. The maximum Gasteiger partial charge on any atom is 0.227 e. The van der Waals surface area contributed by atoms with E-state index in [-0.39, 0.29) is 12.0 Å². The summed E-state index contributed by atoms with van der Waals surface area (Å²) >= 11 is 3.39. The molecule has 0 N–H and O–H groups in total. The second kappa shape index (κ2) is 6.91. The zero-order valence-electron chi connectivity index (χ0n) is 11.0. The van der Waals surface area contributed by atoms with Crippen LogP contribution in [-0.4, -0.2) is 49.0 Å². The van der Waals surface area contributed by atoms with Gasteiger partial charge in [0.1, 0.15) is 5.75 Å². The Balaban J connectivity index is 1.92. The van der Waals surface area contributed by atoms with Crippen molar-refractivity contribution in [2.45, 2.75) is 12.5 Å². The summed E-state index contributed by atoms with van der Waals surface area (Å²) in [7, 11) is 1.63. The maximum atomic E-state index is 12.2. The average molecular weight is 328 g/mol. The molecule has 19 heavy (non-hydrogen) atoms. The molecule has 1 aliphatic heterocycles. The molecular formula is C14H18BrNO3. The molecular weight excluding hydrogens is 310 g/mol. The molecule has 4 nitrogen and oxygen atoms in total. The molecule has 0 spiro atoms. The highest BCUT2D eigenvalue weighted by Crippen LogP contribution is 2.14. The summed E-state index contributed by atoms with van der Waals surface area (Å²) in [6.07, 6.45) is 0.535. The zero-order chi connectivity index (χ0) is 13.7. The molecule has 0 aliphatic carbocycles. The van der Waals surface area contributed by atoms with Gasteiger partial charge < -0.3 is 14.4 Å². The lowest BCUT2D eigenvalue weighted by Crippen LogP contribution is -2.46. The Kier molecular flexibility index (Phi) is 5.22. The fraction of sp³-hybridized carbons (Fsp3) is 0.500. The van der Waals surface area contributed by atoms with E-state index in [0.717, 1.165) is 16.6 Å². The summed E-state index contributed by atoms with van der Waals surface area (Å²) in [6.45, 7) is 1.96. The van der Waals surface area contributed by atoms with Crippen LogP contribution in [0.15, 0.2) is 24.3 Å². The Bertz CT molecular complexity index is 421. The molecule has 0 bridgehead atoms. The van der Waals surface area contributed by atoms with Crippen molar-refractivity contribution < 1.29 is 14.3 Å². The number of amides is 1. The van der Waals surface area contributed by atoms with Crippen molar-refractivity contribution in [1.82, 2.24) is 4.90 Å². The lowest BCUT2D eigenvalue weighted by molar-refractivity contribution is -0.137. The van der Waals surface area contributed by atoms with Crippen molar-refractivity contribution in [2.24, 2.45) is 0 Å². The smallest absolute Gasteiger partial charge is 0.227 e. The van der Waals surface area contributed by atoms with Crippen LogP contribution < -0.4 is 4.74 Å². The number of benzene rings is 1. The summed E-state index contributed by atoms with van der Waals surface area (Å²) in [5.74, 6) is 0.960. The standard InChI is InChI=1S/C14H18BrNO3/c1-18-12-4-2-11(3-5-12)8-14(17)16-6-7-19-13(9-15)10-16/h2-5,13H,6-10H2,1H3. The van der Waals surface area contributed by atoms with Crippen molar-refractivity contribution in [3.05, 3.63) is 29.8 Å². The molecule has 0 saturated carbocycles. The van der Waals surface area contributed by atoms with Crippen molar-refractivity contribution in [2.75, 3.05) is 32.1 Å². The predicted octanol–water partition coefficient (Wildman–Crippen LogP) is 1.86. The van der Waals surface area contributed by atoms with Gasteiger partial charge in [0, 0.05) is 18.4 Å². The summed E-state index contributed by atoms with van der Waals surface area (Å²) in [4.78, 5) is 14.1. The van der Waals surface area contributed by atoms with Crippen LogP contribution in [0.2, 0.25) is 0 Å². The molecule has 2 rings (SSSR count). The van der Waals surface area contributed by atoms with Gasteiger partial charge in [0.25, 0.3) is 0 Å². The van der Waals surface area contributed by atoms with Crippen LogP contribution in [0.5, 0.6) is 5.75 Å². The van der Waals surface area contributed by atoms with E-state index in [1.54, 1.807) is 7.11 Å². The third-order valence-electron chi connectivity index (χ3n) is 3.18. The van der Waals surface area contributed by atoms with Gasteiger partial charge in [-0.1, -0.05) is 28.1 Å². The lowest BCUT2D eigenvalue weighted by Gasteiger charge is -2.32.